The highest BCUT2D eigenvalue weighted by Crippen LogP contribution is 2.06. The molecule has 0 aliphatic rings. The summed E-state index contributed by atoms with van der Waals surface area (Å²) >= 11 is 0. The summed E-state index contributed by atoms with van der Waals surface area (Å²) < 4.78 is 1.56. The van der Waals surface area contributed by atoms with Gasteiger partial charge in [0.2, 0.25) is 0 Å². The molecule has 1 rings (SSSR count). The van der Waals surface area contributed by atoms with Gasteiger partial charge in [-0.05, 0) is 0 Å². The fourth-order valence-corrected chi connectivity index (χ4v) is 0.757. The Balaban J connectivity index is 2.78. The zero-order chi connectivity index (χ0) is 8.97. The number of aromatic nitrogens is 2. The minimum atomic E-state index is 0.0766. The van der Waals surface area contributed by atoms with Crippen molar-refractivity contribution in [1.82, 2.24) is 9.78 Å². The van der Waals surface area contributed by atoms with Crippen LogP contribution in [0.4, 0.5) is 5.82 Å². The predicted molar refractivity (Wildman–Crippen MR) is 46.2 cm³/mol. The van der Waals surface area contributed by atoms with Crippen LogP contribution in [-0.2, 0) is 7.05 Å². The van der Waals surface area contributed by atoms with Crippen LogP contribution in [-0.4, -0.2) is 21.5 Å². The highest BCUT2D eigenvalue weighted by atomic mass is 16.2. The molecule has 0 unspecified atom stereocenters. The fraction of sp³-hybridized carbons (Fsp3) is 0.375. The van der Waals surface area contributed by atoms with Crippen molar-refractivity contribution in [3.05, 3.63) is 11.8 Å². The van der Waals surface area contributed by atoms with Crippen molar-refractivity contribution in [2.75, 3.05) is 12.3 Å². The molecule has 4 nitrogen and oxygen atoms in total. The molecule has 0 aliphatic carbocycles. The van der Waals surface area contributed by atoms with Crippen LogP contribution in [0, 0.1) is 11.8 Å². The van der Waals surface area contributed by atoms with E-state index < -0.39 is 0 Å². The summed E-state index contributed by atoms with van der Waals surface area (Å²) in [5.41, 5.74) is 6.33. The molecule has 1 aromatic rings. The van der Waals surface area contributed by atoms with Gasteiger partial charge in [-0.15, -0.1) is 0 Å². The van der Waals surface area contributed by atoms with Crippen molar-refractivity contribution >= 4 is 5.82 Å². The first-order valence-corrected chi connectivity index (χ1v) is 3.63. The van der Waals surface area contributed by atoms with Crippen LogP contribution in [0.5, 0.6) is 0 Å². The van der Waals surface area contributed by atoms with Crippen LogP contribution in [0.2, 0.25) is 0 Å². The Morgan fingerprint density at radius 1 is 1.75 bits per heavy atom. The number of aliphatic hydroxyl groups excluding tert-OH is 1. The summed E-state index contributed by atoms with van der Waals surface area (Å²) in [6.07, 6.45) is 2.08. The van der Waals surface area contributed by atoms with E-state index in [1.165, 1.54) is 0 Å². The third-order valence-electron chi connectivity index (χ3n) is 1.44. The van der Waals surface area contributed by atoms with E-state index >= 15 is 0 Å². The van der Waals surface area contributed by atoms with Gasteiger partial charge in [-0.2, -0.15) is 5.10 Å². The Kier molecular flexibility index (Phi) is 2.72. The quantitative estimate of drug-likeness (QED) is 0.563. The molecule has 0 aromatic carbocycles. The number of rotatable bonds is 1. The lowest BCUT2D eigenvalue weighted by Crippen LogP contribution is -1.98. The summed E-state index contributed by atoms with van der Waals surface area (Å²) in [6.45, 7) is 0.0766. The zero-order valence-electron chi connectivity index (χ0n) is 6.91. The summed E-state index contributed by atoms with van der Waals surface area (Å²) in [6, 6.07) is 0. The minimum absolute atomic E-state index is 0.0766. The number of hydrogen-bond donors (Lipinski definition) is 2. The largest absolute Gasteiger partial charge is 0.395 e. The van der Waals surface area contributed by atoms with Crippen molar-refractivity contribution < 1.29 is 5.11 Å². The number of nitrogen functional groups attached to an aromatic ring is 1. The number of aryl methyl sites for hydroxylation is 1. The summed E-state index contributed by atoms with van der Waals surface area (Å²) in [5.74, 6) is 6.14. The molecule has 12 heavy (non-hydrogen) atoms. The topological polar surface area (TPSA) is 64.1 Å². The van der Waals surface area contributed by atoms with Crippen LogP contribution in [0.1, 0.15) is 12.0 Å². The van der Waals surface area contributed by atoms with Crippen LogP contribution >= 0.6 is 0 Å². The van der Waals surface area contributed by atoms with Gasteiger partial charge in [0, 0.05) is 13.5 Å². The molecule has 3 N–H and O–H groups in total. The van der Waals surface area contributed by atoms with E-state index in [0.717, 1.165) is 0 Å². The molecule has 0 aliphatic heterocycles. The molecule has 4 heteroatoms. The predicted octanol–water partition coefficient (Wildman–Crippen LogP) is -0.264. The Bertz CT molecular complexity index is 319. The summed E-state index contributed by atoms with van der Waals surface area (Å²) in [7, 11) is 1.76. The first-order valence-electron chi connectivity index (χ1n) is 3.63. The summed E-state index contributed by atoms with van der Waals surface area (Å²) in [5, 5.41) is 12.4. The van der Waals surface area contributed by atoms with E-state index in [1.807, 2.05) is 0 Å². The standard InChI is InChI=1S/C8H11N3O/c1-11-8(9)7(6-10-11)4-2-3-5-12/h6,12H,3,5,9H2,1H3. The van der Waals surface area contributed by atoms with Gasteiger partial charge in [-0.1, -0.05) is 11.8 Å². The molecule has 0 fully saturated rings. The van der Waals surface area contributed by atoms with Crippen LogP contribution in [0.3, 0.4) is 0 Å². The van der Waals surface area contributed by atoms with E-state index in [9.17, 15) is 0 Å². The lowest BCUT2D eigenvalue weighted by molar-refractivity contribution is 0.305. The maximum atomic E-state index is 8.46. The van der Waals surface area contributed by atoms with Crippen molar-refractivity contribution in [3.8, 4) is 11.8 Å². The van der Waals surface area contributed by atoms with Gasteiger partial charge in [0.1, 0.15) is 5.82 Å². The lowest BCUT2D eigenvalue weighted by Gasteiger charge is -1.91. The fourth-order valence-electron chi connectivity index (χ4n) is 0.757. The zero-order valence-corrected chi connectivity index (χ0v) is 6.91. The van der Waals surface area contributed by atoms with Crippen molar-refractivity contribution in [2.24, 2.45) is 7.05 Å². The number of nitrogens with two attached hydrogens (primary N) is 1. The maximum absolute atomic E-state index is 8.46. The molecule has 0 radical (unpaired) electrons. The van der Waals surface area contributed by atoms with Crippen molar-refractivity contribution in [1.29, 1.82) is 0 Å². The Hall–Kier alpha value is -1.47. The van der Waals surface area contributed by atoms with Gasteiger partial charge >= 0.3 is 0 Å². The van der Waals surface area contributed by atoms with Crippen molar-refractivity contribution in [2.45, 2.75) is 6.42 Å². The average molecular weight is 165 g/mol. The van der Waals surface area contributed by atoms with Crippen molar-refractivity contribution in [3.63, 3.8) is 0 Å². The Morgan fingerprint density at radius 2 is 2.50 bits per heavy atom. The second kappa shape index (κ2) is 3.79. The third-order valence-corrected chi connectivity index (χ3v) is 1.44. The number of aliphatic hydroxyl groups is 1. The second-order valence-corrected chi connectivity index (χ2v) is 2.34. The SMILES string of the molecule is Cn1ncc(C#CCCO)c1N. The maximum Gasteiger partial charge on any atom is 0.137 e. The van der Waals surface area contributed by atoms with Gasteiger partial charge in [0.25, 0.3) is 0 Å². The molecule has 0 spiro atoms. The first-order chi connectivity index (χ1) is 5.75. The highest BCUT2D eigenvalue weighted by molar-refractivity contribution is 5.49. The van der Waals surface area contributed by atoms with E-state index in [-0.39, 0.29) is 6.61 Å². The highest BCUT2D eigenvalue weighted by Gasteiger charge is 1.98. The third kappa shape index (κ3) is 1.77. The number of hydrogen-bond acceptors (Lipinski definition) is 3. The second-order valence-electron chi connectivity index (χ2n) is 2.34. The Labute approximate surface area is 71.0 Å². The lowest BCUT2D eigenvalue weighted by atomic mass is 10.3. The molecule has 1 heterocycles. The van der Waals surface area contributed by atoms with Gasteiger partial charge in [0.05, 0.1) is 18.4 Å². The molecule has 0 atom stereocenters. The molecule has 1 aromatic heterocycles. The van der Waals surface area contributed by atoms with E-state index in [4.69, 9.17) is 10.8 Å². The number of nitrogens with zero attached hydrogens (tertiary/aromatic N) is 2. The van der Waals surface area contributed by atoms with Crippen LogP contribution in [0.25, 0.3) is 0 Å². The van der Waals surface area contributed by atoms with Crippen LogP contribution < -0.4 is 5.73 Å². The number of anilines is 1. The van der Waals surface area contributed by atoms with Gasteiger partial charge < -0.3 is 10.8 Å². The molecule has 0 bridgehead atoms. The molecule has 64 valence electrons. The molecular weight excluding hydrogens is 154 g/mol. The van der Waals surface area contributed by atoms with Gasteiger partial charge in [0.15, 0.2) is 0 Å². The minimum Gasteiger partial charge on any atom is -0.395 e. The molecule has 0 amide bonds. The van der Waals surface area contributed by atoms with E-state index in [2.05, 4.69) is 16.9 Å². The van der Waals surface area contributed by atoms with E-state index in [0.29, 0.717) is 17.8 Å². The van der Waals surface area contributed by atoms with Crippen LogP contribution in [0.15, 0.2) is 6.20 Å². The van der Waals surface area contributed by atoms with Gasteiger partial charge in [-0.25, -0.2) is 0 Å². The normalized spacial score (nSPS) is 9.17. The molecular formula is C8H11N3O. The smallest absolute Gasteiger partial charge is 0.137 e. The first kappa shape index (κ1) is 8.62. The monoisotopic (exact) mass is 165 g/mol. The molecule has 0 saturated carbocycles. The molecule has 0 saturated heterocycles. The average Bonchev–Trinajstić information content (AvgIpc) is 2.36. The van der Waals surface area contributed by atoms with Gasteiger partial charge in [-0.3, -0.25) is 4.68 Å². The summed E-state index contributed by atoms with van der Waals surface area (Å²) in [4.78, 5) is 0. The Morgan fingerprint density at radius 3 is 3.00 bits per heavy atom. The van der Waals surface area contributed by atoms with E-state index in [1.54, 1.807) is 17.9 Å².